The molecule has 1 fully saturated rings. The molecular weight excluding hydrogens is 334 g/mol. The third kappa shape index (κ3) is 5.32. The minimum Gasteiger partial charge on any atom is -0.488 e. The third-order valence-corrected chi connectivity index (χ3v) is 4.78. The van der Waals surface area contributed by atoms with Gasteiger partial charge < -0.3 is 14.7 Å². The number of non-ortho nitro benzene ring substituents is 1. The molecule has 1 saturated heterocycles. The van der Waals surface area contributed by atoms with Crippen LogP contribution in [0, 0.1) is 10.1 Å². The summed E-state index contributed by atoms with van der Waals surface area (Å²) in [7, 11) is 0. The van der Waals surface area contributed by atoms with Crippen LogP contribution in [0.25, 0.3) is 0 Å². The highest BCUT2D eigenvalue weighted by atomic mass is 16.6. The van der Waals surface area contributed by atoms with E-state index in [0.29, 0.717) is 24.4 Å². The molecule has 0 aromatic heterocycles. The normalized spacial score (nSPS) is 15.9. The second kappa shape index (κ2) is 9.19. The number of rotatable bonds is 9. The van der Waals surface area contributed by atoms with Gasteiger partial charge in [-0.1, -0.05) is 0 Å². The highest BCUT2D eigenvalue weighted by Gasteiger charge is 2.22. The summed E-state index contributed by atoms with van der Waals surface area (Å²) in [6, 6.07) is 5.36. The summed E-state index contributed by atoms with van der Waals surface area (Å²) in [5, 5.41) is 21.5. The zero-order valence-corrected chi connectivity index (χ0v) is 16.2. The molecule has 0 bridgehead atoms. The van der Waals surface area contributed by atoms with E-state index in [9.17, 15) is 15.2 Å². The van der Waals surface area contributed by atoms with Gasteiger partial charge in [-0.05, 0) is 46.6 Å². The molecule has 7 heteroatoms. The molecule has 0 saturated carbocycles. The number of aliphatic hydroxyl groups excluding tert-OH is 1. The Bertz CT molecular complexity index is 592. The Hall–Kier alpha value is -1.86. The van der Waals surface area contributed by atoms with E-state index in [1.165, 1.54) is 12.1 Å². The highest BCUT2D eigenvalue weighted by Crippen LogP contribution is 2.34. The lowest BCUT2D eigenvalue weighted by Crippen LogP contribution is -2.43. The van der Waals surface area contributed by atoms with Crippen molar-refractivity contribution < 1.29 is 14.8 Å². The Kier molecular flexibility index (Phi) is 7.23. The van der Waals surface area contributed by atoms with Crippen molar-refractivity contribution in [1.29, 1.82) is 0 Å². The van der Waals surface area contributed by atoms with Crippen molar-refractivity contribution in [3.05, 3.63) is 28.3 Å². The van der Waals surface area contributed by atoms with Gasteiger partial charge in [0.05, 0.1) is 16.7 Å². The fraction of sp³-hybridized carbons (Fsp3) is 0.684. The van der Waals surface area contributed by atoms with E-state index in [-0.39, 0.29) is 12.3 Å². The fourth-order valence-electron chi connectivity index (χ4n) is 3.45. The maximum Gasteiger partial charge on any atom is 0.273 e. The van der Waals surface area contributed by atoms with Gasteiger partial charge in [-0.2, -0.15) is 0 Å². The molecule has 1 aliphatic heterocycles. The Balaban J connectivity index is 2.08. The molecule has 7 nitrogen and oxygen atoms in total. The van der Waals surface area contributed by atoms with Crippen LogP contribution in [0.4, 0.5) is 11.4 Å². The molecule has 0 spiro atoms. The van der Waals surface area contributed by atoms with Gasteiger partial charge in [-0.25, -0.2) is 0 Å². The quantitative estimate of drug-likeness (QED) is 0.535. The molecule has 1 atom stereocenters. The predicted octanol–water partition coefficient (Wildman–Crippen LogP) is 3.05. The summed E-state index contributed by atoms with van der Waals surface area (Å²) in [6.07, 6.45) is 1.55. The SMILES string of the molecule is CC(C)N(CC(O)COc1cc([N+](=O)[O-])ccc1N1CCCC1)C(C)C. The Morgan fingerprint density at radius 2 is 1.85 bits per heavy atom. The van der Waals surface area contributed by atoms with Crippen LogP contribution in [0.5, 0.6) is 5.75 Å². The van der Waals surface area contributed by atoms with Gasteiger partial charge in [0.2, 0.25) is 0 Å². The molecule has 146 valence electrons. The summed E-state index contributed by atoms with van der Waals surface area (Å²) < 4.78 is 5.84. The number of nitro groups is 1. The second-order valence-corrected chi connectivity index (χ2v) is 7.45. The highest BCUT2D eigenvalue weighted by molar-refractivity contribution is 5.62. The molecule has 26 heavy (non-hydrogen) atoms. The monoisotopic (exact) mass is 365 g/mol. The molecule has 0 radical (unpaired) electrons. The largest absolute Gasteiger partial charge is 0.488 e. The molecule has 1 aliphatic rings. The summed E-state index contributed by atoms with van der Waals surface area (Å²) in [5.74, 6) is 0.473. The lowest BCUT2D eigenvalue weighted by Gasteiger charge is -2.32. The summed E-state index contributed by atoms with van der Waals surface area (Å²) in [6.45, 7) is 10.8. The zero-order chi connectivity index (χ0) is 19.3. The number of aliphatic hydroxyl groups is 1. The first-order valence-corrected chi connectivity index (χ1v) is 9.39. The molecule has 1 heterocycles. The van der Waals surface area contributed by atoms with Crippen molar-refractivity contribution >= 4 is 11.4 Å². The summed E-state index contributed by atoms with van der Waals surface area (Å²) in [4.78, 5) is 15.1. The summed E-state index contributed by atoms with van der Waals surface area (Å²) >= 11 is 0. The van der Waals surface area contributed by atoms with Crippen molar-refractivity contribution in [3.63, 3.8) is 0 Å². The average molecular weight is 365 g/mol. The maximum atomic E-state index is 11.1. The van der Waals surface area contributed by atoms with E-state index >= 15 is 0 Å². The molecule has 0 aliphatic carbocycles. The molecule has 0 amide bonds. The smallest absolute Gasteiger partial charge is 0.273 e. The lowest BCUT2D eigenvalue weighted by molar-refractivity contribution is -0.384. The Morgan fingerprint density at radius 3 is 2.38 bits per heavy atom. The lowest BCUT2D eigenvalue weighted by atomic mass is 10.2. The van der Waals surface area contributed by atoms with Crippen molar-refractivity contribution in [2.75, 3.05) is 31.1 Å². The van der Waals surface area contributed by atoms with Gasteiger partial charge in [0.1, 0.15) is 18.5 Å². The number of nitro benzene ring substituents is 1. The van der Waals surface area contributed by atoms with Crippen LogP contribution in [0.15, 0.2) is 18.2 Å². The van der Waals surface area contributed by atoms with Gasteiger partial charge in [-0.15, -0.1) is 0 Å². The first-order valence-electron chi connectivity index (χ1n) is 9.39. The Morgan fingerprint density at radius 1 is 1.23 bits per heavy atom. The van der Waals surface area contributed by atoms with Crippen molar-refractivity contribution in [2.45, 2.75) is 58.7 Å². The standard InChI is InChI=1S/C19H31N3O4/c1-14(2)21(15(3)4)12-17(23)13-26-19-11-16(22(24)25)7-8-18(19)20-9-5-6-10-20/h7-8,11,14-15,17,23H,5-6,9-10,12-13H2,1-4H3. The molecular formula is C19H31N3O4. The number of benzene rings is 1. The first-order chi connectivity index (χ1) is 12.3. The van der Waals surface area contributed by atoms with Crippen LogP contribution in [-0.4, -0.2) is 59.4 Å². The molecule has 1 aromatic rings. The number of anilines is 1. The number of ether oxygens (including phenoxy) is 1. The average Bonchev–Trinajstić information content (AvgIpc) is 3.11. The first kappa shape index (κ1) is 20.5. The van der Waals surface area contributed by atoms with Crippen LogP contribution in [-0.2, 0) is 0 Å². The fourth-order valence-corrected chi connectivity index (χ4v) is 3.45. The van der Waals surface area contributed by atoms with E-state index in [0.717, 1.165) is 31.6 Å². The maximum absolute atomic E-state index is 11.1. The summed E-state index contributed by atoms with van der Waals surface area (Å²) in [5.41, 5.74) is 0.869. The predicted molar refractivity (Wildman–Crippen MR) is 103 cm³/mol. The van der Waals surface area contributed by atoms with Gasteiger partial charge in [0.25, 0.3) is 5.69 Å². The minimum absolute atomic E-state index is 0.00317. The Labute approximate surface area is 155 Å². The van der Waals surface area contributed by atoms with E-state index in [1.807, 2.05) is 0 Å². The van der Waals surface area contributed by atoms with Crippen LogP contribution < -0.4 is 9.64 Å². The minimum atomic E-state index is -0.662. The zero-order valence-electron chi connectivity index (χ0n) is 16.2. The van der Waals surface area contributed by atoms with Crippen LogP contribution in [0.3, 0.4) is 0 Å². The van der Waals surface area contributed by atoms with E-state index in [1.54, 1.807) is 6.07 Å². The van der Waals surface area contributed by atoms with Crippen LogP contribution in [0.1, 0.15) is 40.5 Å². The van der Waals surface area contributed by atoms with Gasteiger partial charge in [0, 0.05) is 37.8 Å². The number of hydrogen-bond acceptors (Lipinski definition) is 6. The molecule has 2 rings (SSSR count). The molecule has 1 N–H and O–H groups in total. The van der Waals surface area contributed by atoms with Crippen molar-refractivity contribution in [3.8, 4) is 5.75 Å². The van der Waals surface area contributed by atoms with Crippen molar-refractivity contribution in [1.82, 2.24) is 4.90 Å². The van der Waals surface area contributed by atoms with E-state index in [4.69, 9.17) is 4.74 Å². The van der Waals surface area contributed by atoms with Gasteiger partial charge in [-0.3, -0.25) is 15.0 Å². The van der Waals surface area contributed by atoms with Crippen LogP contribution in [0.2, 0.25) is 0 Å². The van der Waals surface area contributed by atoms with Crippen molar-refractivity contribution in [2.24, 2.45) is 0 Å². The van der Waals surface area contributed by atoms with Gasteiger partial charge >= 0.3 is 0 Å². The van der Waals surface area contributed by atoms with E-state index in [2.05, 4.69) is 37.5 Å². The number of hydrogen-bond donors (Lipinski definition) is 1. The van der Waals surface area contributed by atoms with Gasteiger partial charge in [0.15, 0.2) is 0 Å². The van der Waals surface area contributed by atoms with Crippen LogP contribution >= 0.6 is 0 Å². The second-order valence-electron chi connectivity index (χ2n) is 7.45. The molecule has 1 unspecified atom stereocenters. The number of nitrogens with zero attached hydrogens (tertiary/aromatic N) is 3. The van der Waals surface area contributed by atoms with E-state index < -0.39 is 11.0 Å². The molecule has 1 aromatic carbocycles. The third-order valence-electron chi connectivity index (χ3n) is 4.78. The topological polar surface area (TPSA) is 79.1 Å².